The highest BCUT2D eigenvalue weighted by Gasteiger charge is 2.53. The van der Waals surface area contributed by atoms with E-state index in [-0.39, 0.29) is 23.9 Å². The molecule has 3 heterocycles. The van der Waals surface area contributed by atoms with Crippen molar-refractivity contribution in [1.82, 2.24) is 9.80 Å². The Balaban J connectivity index is 1.57. The summed E-state index contributed by atoms with van der Waals surface area (Å²) in [6, 6.07) is 6.44. The number of benzene rings is 1. The van der Waals surface area contributed by atoms with Gasteiger partial charge in [0.05, 0.1) is 0 Å². The molecular formula is C17H19N3O3. The van der Waals surface area contributed by atoms with Crippen LogP contribution in [0, 0.1) is 6.92 Å². The maximum absolute atomic E-state index is 12.7. The number of aryl methyl sites for hydroxylation is 1. The fourth-order valence-electron chi connectivity index (χ4n) is 3.82. The number of carbonyl (C=O) groups is 3. The highest BCUT2D eigenvalue weighted by molar-refractivity contribution is 6.10. The van der Waals surface area contributed by atoms with Crippen LogP contribution in [0.4, 0.5) is 10.5 Å². The molecule has 0 aliphatic carbocycles. The van der Waals surface area contributed by atoms with Crippen molar-refractivity contribution >= 4 is 23.5 Å². The number of nitrogens with zero attached hydrogens (tertiary/aromatic N) is 3. The average Bonchev–Trinajstić information content (AvgIpc) is 3.20. The summed E-state index contributed by atoms with van der Waals surface area (Å²) in [5.74, 6) is -0.353. The van der Waals surface area contributed by atoms with E-state index in [0.29, 0.717) is 25.9 Å². The second-order valence-electron chi connectivity index (χ2n) is 6.47. The molecule has 0 aromatic heterocycles. The molecule has 3 saturated heterocycles. The summed E-state index contributed by atoms with van der Waals surface area (Å²) in [6.45, 7) is 3.15. The van der Waals surface area contributed by atoms with Crippen molar-refractivity contribution in [3.8, 4) is 0 Å². The van der Waals surface area contributed by atoms with E-state index in [4.69, 9.17) is 0 Å². The lowest BCUT2D eigenvalue weighted by Crippen LogP contribution is -2.46. The number of hydrogen-bond donors (Lipinski definition) is 0. The Labute approximate surface area is 134 Å². The number of rotatable bonds is 2. The first-order chi connectivity index (χ1) is 11.1. The summed E-state index contributed by atoms with van der Waals surface area (Å²) < 4.78 is 0. The Morgan fingerprint density at radius 3 is 2.35 bits per heavy atom. The molecule has 0 spiro atoms. The fraction of sp³-hybridized carbons (Fsp3) is 0.471. The zero-order valence-corrected chi connectivity index (χ0v) is 13.1. The highest BCUT2D eigenvalue weighted by Crippen LogP contribution is 2.32. The molecule has 3 aliphatic heterocycles. The van der Waals surface area contributed by atoms with Crippen LogP contribution in [0.25, 0.3) is 0 Å². The molecule has 4 rings (SSSR count). The molecule has 2 atom stereocenters. The molecule has 0 radical (unpaired) electrons. The van der Waals surface area contributed by atoms with Gasteiger partial charge in [-0.25, -0.2) is 9.69 Å². The molecule has 3 fully saturated rings. The normalized spacial score (nSPS) is 27.3. The topological polar surface area (TPSA) is 60.9 Å². The van der Waals surface area contributed by atoms with E-state index in [2.05, 4.69) is 0 Å². The van der Waals surface area contributed by atoms with Crippen molar-refractivity contribution in [1.29, 1.82) is 0 Å². The summed E-state index contributed by atoms with van der Waals surface area (Å²) in [4.78, 5) is 42.2. The van der Waals surface area contributed by atoms with Crippen LogP contribution in [0.5, 0.6) is 0 Å². The van der Waals surface area contributed by atoms with Gasteiger partial charge in [-0.1, -0.05) is 17.7 Å². The van der Waals surface area contributed by atoms with Gasteiger partial charge in [0, 0.05) is 18.8 Å². The van der Waals surface area contributed by atoms with Crippen LogP contribution in [-0.2, 0) is 9.59 Å². The fourth-order valence-corrected chi connectivity index (χ4v) is 3.82. The first-order valence-electron chi connectivity index (χ1n) is 8.09. The van der Waals surface area contributed by atoms with Gasteiger partial charge in [-0.2, -0.15) is 0 Å². The molecule has 0 N–H and O–H groups in total. The van der Waals surface area contributed by atoms with Crippen molar-refractivity contribution in [2.75, 3.05) is 18.0 Å². The molecule has 6 heteroatoms. The minimum Gasteiger partial charge on any atom is -0.312 e. The Hall–Kier alpha value is -2.37. The molecule has 120 valence electrons. The lowest BCUT2D eigenvalue weighted by atomic mass is 10.1. The van der Waals surface area contributed by atoms with Crippen LogP contribution in [0.15, 0.2) is 24.3 Å². The Kier molecular flexibility index (Phi) is 3.14. The molecule has 1 aromatic rings. The largest absolute Gasteiger partial charge is 0.328 e. The van der Waals surface area contributed by atoms with Gasteiger partial charge in [0.25, 0.3) is 5.91 Å². The number of carbonyl (C=O) groups excluding carboxylic acids is 3. The van der Waals surface area contributed by atoms with Crippen LogP contribution < -0.4 is 4.90 Å². The molecule has 4 amide bonds. The molecule has 1 unspecified atom stereocenters. The number of fused-ring (bicyclic) bond motifs is 1. The standard InChI is InChI=1S/C17H19N3O3/c1-11-4-6-12(7-5-11)18-10-8-14(15(18)21)20-16(22)13-3-2-9-19(13)17(20)23/h4-7,13-14H,2-3,8-10H2,1H3/t13-,14?/m0/s1. The average molecular weight is 313 g/mol. The summed E-state index contributed by atoms with van der Waals surface area (Å²) in [5.41, 5.74) is 1.95. The van der Waals surface area contributed by atoms with Crippen LogP contribution in [0.3, 0.4) is 0 Å². The Morgan fingerprint density at radius 2 is 1.65 bits per heavy atom. The van der Waals surface area contributed by atoms with E-state index in [0.717, 1.165) is 17.7 Å². The van der Waals surface area contributed by atoms with Gasteiger partial charge in [-0.15, -0.1) is 0 Å². The van der Waals surface area contributed by atoms with Gasteiger partial charge in [-0.3, -0.25) is 9.59 Å². The van der Waals surface area contributed by atoms with Crippen LogP contribution >= 0.6 is 0 Å². The predicted molar refractivity (Wildman–Crippen MR) is 83.9 cm³/mol. The van der Waals surface area contributed by atoms with Crippen LogP contribution in [0.1, 0.15) is 24.8 Å². The third-order valence-electron chi connectivity index (χ3n) is 5.06. The summed E-state index contributed by atoms with van der Waals surface area (Å²) in [6.07, 6.45) is 2.08. The number of imide groups is 1. The quantitative estimate of drug-likeness (QED) is 0.778. The second-order valence-corrected chi connectivity index (χ2v) is 6.47. The van der Waals surface area contributed by atoms with E-state index < -0.39 is 6.04 Å². The van der Waals surface area contributed by atoms with Crippen LogP contribution in [0.2, 0.25) is 0 Å². The van der Waals surface area contributed by atoms with Gasteiger partial charge in [0.2, 0.25) is 5.91 Å². The minimum atomic E-state index is -0.651. The third-order valence-corrected chi connectivity index (χ3v) is 5.06. The van der Waals surface area contributed by atoms with Crippen molar-refractivity contribution < 1.29 is 14.4 Å². The minimum absolute atomic E-state index is 0.156. The summed E-state index contributed by atoms with van der Waals surface area (Å²) in [7, 11) is 0. The van der Waals surface area contributed by atoms with Gasteiger partial charge >= 0.3 is 6.03 Å². The van der Waals surface area contributed by atoms with Gasteiger partial charge in [-0.05, 0) is 38.3 Å². The molecule has 0 bridgehead atoms. The zero-order chi connectivity index (χ0) is 16.1. The van der Waals surface area contributed by atoms with E-state index in [1.807, 2.05) is 31.2 Å². The molecule has 3 aliphatic rings. The molecule has 23 heavy (non-hydrogen) atoms. The summed E-state index contributed by atoms with van der Waals surface area (Å²) in [5, 5.41) is 0. The van der Waals surface area contributed by atoms with Gasteiger partial charge < -0.3 is 9.80 Å². The van der Waals surface area contributed by atoms with E-state index in [1.165, 1.54) is 4.90 Å². The monoisotopic (exact) mass is 313 g/mol. The van der Waals surface area contributed by atoms with E-state index >= 15 is 0 Å². The van der Waals surface area contributed by atoms with Crippen molar-refractivity contribution in [2.24, 2.45) is 0 Å². The maximum Gasteiger partial charge on any atom is 0.328 e. The first-order valence-corrected chi connectivity index (χ1v) is 8.09. The third kappa shape index (κ3) is 2.04. The molecule has 1 aromatic carbocycles. The SMILES string of the molecule is Cc1ccc(N2CCC(N3C(=O)[C@@H]4CCCN4C3=O)C2=O)cc1. The number of amides is 4. The molecule has 0 saturated carbocycles. The van der Waals surface area contributed by atoms with E-state index in [1.54, 1.807) is 9.80 Å². The lowest BCUT2D eigenvalue weighted by molar-refractivity contribution is -0.133. The van der Waals surface area contributed by atoms with Gasteiger partial charge in [0.15, 0.2) is 0 Å². The highest BCUT2D eigenvalue weighted by atomic mass is 16.2. The Bertz CT molecular complexity index is 663. The van der Waals surface area contributed by atoms with Crippen LogP contribution in [-0.4, -0.2) is 52.8 Å². The second kappa shape index (κ2) is 5.08. The maximum atomic E-state index is 12.7. The van der Waals surface area contributed by atoms with Crippen molar-refractivity contribution in [3.63, 3.8) is 0 Å². The molecular weight excluding hydrogens is 294 g/mol. The number of anilines is 1. The van der Waals surface area contributed by atoms with E-state index in [9.17, 15) is 14.4 Å². The number of hydrogen-bond acceptors (Lipinski definition) is 3. The smallest absolute Gasteiger partial charge is 0.312 e. The first kappa shape index (κ1) is 14.2. The Morgan fingerprint density at radius 1 is 0.913 bits per heavy atom. The lowest BCUT2D eigenvalue weighted by Gasteiger charge is -2.22. The van der Waals surface area contributed by atoms with Crippen molar-refractivity contribution in [3.05, 3.63) is 29.8 Å². The van der Waals surface area contributed by atoms with Gasteiger partial charge in [0.1, 0.15) is 12.1 Å². The molecule has 6 nitrogen and oxygen atoms in total. The van der Waals surface area contributed by atoms with Crippen molar-refractivity contribution in [2.45, 2.75) is 38.3 Å². The predicted octanol–water partition coefficient (Wildman–Crippen LogP) is 1.53. The zero-order valence-electron chi connectivity index (χ0n) is 13.1. The summed E-state index contributed by atoms with van der Waals surface area (Å²) >= 11 is 0. The number of urea groups is 1.